The van der Waals surface area contributed by atoms with E-state index in [0.29, 0.717) is 13.1 Å². The molecule has 27 heavy (non-hydrogen) atoms. The van der Waals surface area contributed by atoms with E-state index in [0.717, 1.165) is 39.5 Å². The van der Waals surface area contributed by atoms with Crippen LogP contribution in [0.5, 0.6) is 0 Å². The van der Waals surface area contributed by atoms with Crippen LogP contribution in [0.25, 0.3) is 22.3 Å². The maximum absolute atomic E-state index is 12.6. The van der Waals surface area contributed by atoms with Crippen LogP contribution in [0.3, 0.4) is 0 Å². The van der Waals surface area contributed by atoms with Crippen LogP contribution in [0.1, 0.15) is 15.9 Å². The van der Waals surface area contributed by atoms with Crippen LogP contribution in [0, 0.1) is 13.0 Å². The molecule has 5 rings (SSSR count). The van der Waals surface area contributed by atoms with E-state index in [4.69, 9.17) is 0 Å². The van der Waals surface area contributed by atoms with E-state index in [9.17, 15) is 4.79 Å². The van der Waals surface area contributed by atoms with E-state index in [2.05, 4.69) is 20.1 Å². The highest BCUT2D eigenvalue weighted by Crippen LogP contribution is 2.27. The van der Waals surface area contributed by atoms with Gasteiger partial charge in [-0.15, -0.1) is 0 Å². The van der Waals surface area contributed by atoms with Crippen LogP contribution < -0.4 is 0 Å². The minimum atomic E-state index is 0.0552. The summed E-state index contributed by atoms with van der Waals surface area (Å²) in [6.45, 7) is 3.15. The molecular weight excluding hydrogens is 340 g/mol. The van der Waals surface area contributed by atoms with Crippen molar-refractivity contribution >= 4 is 16.9 Å². The summed E-state index contributed by atoms with van der Waals surface area (Å²) in [5.74, 6) is 0.0552. The normalized spacial score (nSPS) is 14.5. The minimum absolute atomic E-state index is 0.0552. The van der Waals surface area contributed by atoms with Crippen molar-refractivity contribution in [3.8, 4) is 11.3 Å². The smallest absolute Gasteiger partial charge is 0.254 e. The number of H-pyrrole nitrogens is 1. The second-order valence-electron chi connectivity index (χ2n) is 6.73. The summed E-state index contributed by atoms with van der Waals surface area (Å²) in [5, 5.41) is 5.42. The Balaban J connectivity index is 1.32. The van der Waals surface area contributed by atoms with Crippen molar-refractivity contribution in [3.63, 3.8) is 0 Å². The van der Waals surface area contributed by atoms with Crippen molar-refractivity contribution in [2.45, 2.75) is 6.92 Å². The number of benzene rings is 1. The maximum Gasteiger partial charge on any atom is 0.254 e. The van der Waals surface area contributed by atoms with Gasteiger partial charge in [-0.2, -0.15) is 5.10 Å². The summed E-state index contributed by atoms with van der Waals surface area (Å²) in [6, 6.07) is 10.7. The number of aromatic amines is 1. The molecule has 0 aliphatic carbocycles. The molecule has 4 aromatic rings. The molecule has 1 aromatic carbocycles. The zero-order valence-corrected chi connectivity index (χ0v) is 14.8. The Hall–Kier alpha value is -3.48. The number of aryl methyl sites for hydroxylation is 1. The first-order valence-corrected chi connectivity index (χ1v) is 8.73. The SMILES string of the molecule is Cc1cccc(C(=O)N2C[C](n3cc(-c4ncnc5[nH]ccc45)cn3)C2)c1. The number of nitrogens with one attached hydrogen (secondary N) is 1. The lowest BCUT2D eigenvalue weighted by Gasteiger charge is -2.38. The van der Waals surface area contributed by atoms with Gasteiger partial charge in [0.2, 0.25) is 0 Å². The Morgan fingerprint density at radius 1 is 1.19 bits per heavy atom. The molecule has 1 aliphatic heterocycles. The average molecular weight is 357 g/mol. The Labute approximate surface area is 155 Å². The molecule has 0 atom stereocenters. The molecule has 1 aliphatic rings. The first kappa shape index (κ1) is 15.7. The van der Waals surface area contributed by atoms with Gasteiger partial charge in [0, 0.05) is 28.9 Å². The van der Waals surface area contributed by atoms with Crippen molar-refractivity contribution < 1.29 is 4.79 Å². The van der Waals surface area contributed by atoms with Gasteiger partial charge in [0.15, 0.2) is 0 Å². The lowest BCUT2D eigenvalue weighted by Crippen LogP contribution is -2.51. The molecule has 3 aromatic heterocycles. The lowest BCUT2D eigenvalue weighted by molar-refractivity contribution is 0.0666. The highest BCUT2D eigenvalue weighted by atomic mass is 16.2. The molecule has 133 valence electrons. The molecule has 0 unspecified atom stereocenters. The average Bonchev–Trinajstić information content (AvgIpc) is 3.29. The number of likely N-dealkylation sites (tertiary alicyclic amines) is 1. The summed E-state index contributed by atoms with van der Waals surface area (Å²) in [5.41, 5.74) is 4.39. The fraction of sp³-hybridized carbons (Fsp3) is 0.150. The van der Waals surface area contributed by atoms with Gasteiger partial charge in [-0.05, 0) is 25.1 Å². The number of carbonyl (C=O) groups excluding carboxylic acids is 1. The van der Waals surface area contributed by atoms with E-state index in [1.165, 1.54) is 0 Å². The van der Waals surface area contributed by atoms with Crippen LogP contribution in [-0.4, -0.2) is 48.6 Å². The summed E-state index contributed by atoms with van der Waals surface area (Å²) < 4.78 is 1.84. The number of rotatable bonds is 3. The van der Waals surface area contributed by atoms with E-state index in [-0.39, 0.29) is 5.91 Å². The molecule has 4 heterocycles. The van der Waals surface area contributed by atoms with Crippen molar-refractivity contribution in [2.75, 3.05) is 13.1 Å². The number of amides is 1. The molecule has 7 heteroatoms. The van der Waals surface area contributed by atoms with E-state index in [1.54, 1.807) is 12.5 Å². The topological polar surface area (TPSA) is 79.7 Å². The number of carbonyl (C=O) groups is 1. The fourth-order valence-corrected chi connectivity index (χ4v) is 3.36. The second kappa shape index (κ2) is 6.05. The first-order valence-electron chi connectivity index (χ1n) is 8.73. The third-order valence-corrected chi connectivity index (χ3v) is 4.83. The van der Waals surface area contributed by atoms with E-state index >= 15 is 0 Å². The summed E-state index contributed by atoms with van der Waals surface area (Å²) in [7, 11) is 0. The predicted molar refractivity (Wildman–Crippen MR) is 101 cm³/mol. The van der Waals surface area contributed by atoms with Gasteiger partial charge in [-0.3, -0.25) is 9.48 Å². The molecule has 7 nitrogen and oxygen atoms in total. The zero-order valence-electron chi connectivity index (χ0n) is 14.8. The summed E-state index contributed by atoms with van der Waals surface area (Å²) in [4.78, 5) is 26.1. The van der Waals surface area contributed by atoms with Gasteiger partial charge >= 0.3 is 0 Å². The van der Waals surface area contributed by atoms with Crippen molar-refractivity contribution in [1.82, 2.24) is 29.6 Å². The minimum Gasteiger partial charge on any atom is -0.346 e. The largest absolute Gasteiger partial charge is 0.346 e. The molecule has 0 bridgehead atoms. The molecule has 1 N–H and O–H groups in total. The third-order valence-electron chi connectivity index (χ3n) is 4.83. The first-order chi connectivity index (χ1) is 13.2. The van der Waals surface area contributed by atoms with Crippen molar-refractivity contribution in [2.24, 2.45) is 0 Å². The number of nitrogens with zero attached hydrogens (tertiary/aromatic N) is 5. The molecule has 1 amide bonds. The van der Waals surface area contributed by atoms with Crippen LogP contribution in [-0.2, 0) is 0 Å². The van der Waals surface area contributed by atoms with Crippen LogP contribution in [0.15, 0.2) is 55.2 Å². The highest BCUT2D eigenvalue weighted by molar-refractivity contribution is 5.95. The number of hydrogen-bond donors (Lipinski definition) is 1. The van der Waals surface area contributed by atoms with Crippen molar-refractivity contribution in [3.05, 3.63) is 72.4 Å². The molecular formula is C20H17N6O. The molecule has 1 saturated heterocycles. The number of hydrogen-bond acceptors (Lipinski definition) is 4. The lowest BCUT2D eigenvalue weighted by atomic mass is 10.1. The number of fused-ring (bicyclic) bond motifs is 1. The summed E-state index contributed by atoms with van der Waals surface area (Å²) >= 11 is 0. The monoisotopic (exact) mass is 357 g/mol. The van der Waals surface area contributed by atoms with Crippen LogP contribution in [0.4, 0.5) is 0 Å². The van der Waals surface area contributed by atoms with Gasteiger partial charge in [0.05, 0.1) is 25.0 Å². The Kier molecular flexibility index (Phi) is 3.53. The quantitative estimate of drug-likeness (QED) is 0.611. The Morgan fingerprint density at radius 3 is 2.93 bits per heavy atom. The van der Waals surface area contributed by atoms with Gasteiger partial charge in [-0.25, -0.2) is 9.97 Å². The fourth-order valence-electron chi connectivity index (χ4n) is 3.36. The Morgan fingerprint density at radius 2 is 2.07 bits per heavy atom. The Bertz CT molecular complexity index is 1140. The van der Waals surface area contributed by atoms with Gasteiger partial charge < -0.3 is 9.88 Å². The standard InChI is InChI=1S/C20H17N6O/c1-13-3-2-4-14(7-13)20(27)25-10-16(11-25)26-9-15(8-24-26)18-17-5-6-21-19(17)23-12-22-18/h2-9,12H,10-11H2,1H3,(H,21,22,23). The maximum atomic E-state index is 12.6. The molecule has 0 saturated carbocycles. The molecule has 1 radical (unpaired) electrons. The van der Waals surface area contributed by atoms with Crippen molar-refractivity contribution in [1.29, 1.82) is 0 Å². The summed E-state index contributed by atoms with van der Waals surface area (Å²) in [6.07, 6.45) is 7.15. The zero-order chi connectivity index (χ0) is 18.4. The third kappa shape index (κ3) is 2.68. The molecule has 1 fully saturated rings. The van der Waals surface area contributed by atoms with E-state index < -0.39 is 0 Å². The van der Waals surface area contributed by atoms with Crippen LogP contribution >= 0.6 is 0 Å². The number of aromatic nitrogens is 5. The highest BCUT2D eigenvalue weighted by Gasteiger charge is 2.34. The van der Waals surface area contributed by atoms with E-state index in [1.807, 2.05) is 59.2 Å². The van der Waals surface area contributed by atoms with Gasteiger partial charge in [0.1, 0.15) is 18.0 Å². The van der Waals surface area contributed by atoms with Gasteiger partial charge in [-0.1, -0.05) is 17.7 Å². The van der Waals surface area contributed by atoms with Crippen LogP contribution in [0.2, 0.25) is 0 Å². The van der Waals surface area contributed by atoms with Gasteiger partial charge in [0.25, 0.3) is 5.91 Å². The second-order valence-corrected chi connectivity index (χ2v) is 6.73. The molecule has 0 spiro atoms. The predicted octanol–water partition coefficient (Wildman–Crippen LogP) is 2.67.